The molecule has 0 aliphatic carbocycles. The SMILES string of the molecule is COCCOCCn1ccc(C(=O)N2CCC(Oc3ccc(Cl)cc3)CC2)n1. The number of hydrogen-bond acceptors (Lipinski definition) is 5. The third kappa shape index (κ3) is 5.95. The van der Waals surface area contributed by atoms with Gasteiger partial charge < -0.3 is 19.1 Å². The highest BCUT2D eigenvalue weighted by molar-refractivity contribution is 6.30. The number of halogens is 1. The summed E-state index contributed by atoms with van der Waals surface area (Å²) in [5.74, 6) is 0.768. The van der Waals surface area contributed by atoms with Gasteiger partial charge >= 0.3 is 0 Å². The fourth-order valence-corrected chi connectivity index (χ4v) is 3.17. The first-order valence-electron chi connectivity index (χ1n) is 9.47. The molecular formula is C20H26ClN3O4. The molecule has 28 heavy (non-hydrogen) atoms. The van der Waals surface area contributed by atoms with E-state index in [9.17, 15) is 4.79 Å². The Morgan fingerprint density at radius 3 is 2.61 bits per heavy atom. The van der Waals surface area contributed by atoms with Gasteiger partial charge in [0.1, 0.15) is 17.5 Å². The molecule has 7 nitrogen and oxygen atoms in total. The normalized spacial score (nSPS) is 15.0. The summed E-state index contributed by atoms with van der Waals surface area (Å²) in [6, 6.07) is 9.12. The zero-order chi connectivity index (χ0) is 19.8. The van der Waals surface area contributed by atoms with E-state index >= 15 is 0 Å². The molecule has 1 aromatic carbocycles. The van der Waals surface area contributed by atoms with Gasteiger partial charge in [0.15, 0.2) is 0 Å². The van der Waals surface area contributed by atoms with Crippen molar-refractivity contribution >= 4 is 17.5 Å². The van der Waals surface area contributed by atoms with Crippen LogP contribution in [0, 0.1) is 0 Å². The standard InChI is InChI=1S/C20H26ClN3O4/c1-26-14-15-27-13-12-24-11-8-19(22-24)20(25)23-9-6-18(7-10-23)28-17-4-2-16(21)3-5-17/h2-5,8,11,18H,6-7,9-10,12-15H2,1H3. The predicted octanol–water partition coefficient (Wildman–Crippen LogP) is 2.88. The molecule has 2 heterocycles. The average Bonchev–Trinajstić information content (AvgIpc) is 3.18. The summed E-state index contributed by atoms with van der Waals surface area (Å²) in [7, 11) is 1.64. The van der Waals surface area contributed by atoms with Gasteiger partial charge in [-0.1, -0.05) is 11.6 Å². The maximum Gasteiger partial charge on any atom is 0.274 e. The summed E-state index contributed by atoms with van der Waals surface area (Å²) in [5, 5.41) is 5.06. The Morgan fingerprint density at radius 2 is 1.89 bits per heavy atom. The van der Waals surface area contributed by atoms with Crippen LogP contribution in [0.4, 0.5) is 0 Å². The number of likely N-dealkylation sites (tertiary alicyclic amines) is 1. The van der Waals surface area contributed by atoms with E-state index in [2.05, 4.69) is 5.10 Å². The van der Waals surface area contributed by atoms with E-state index in [0.29, 0.717) is 50.2 Å². The van der Waals surface area contributed by atoms with Gasteiger partial charge in [-0.15, -0.1) is 0 Å². The molecule has 0 N–H and O–H groups in total. The number of methoxy groups -OCH3 is 1. The van der Waals surface area contributed by atoms with Gasteiger partial charge in [0.25, 0.3) is 5.91 Å². The molecule has 1 aliphatic heterocycles. The first-order valence-corrected chi connectivity index (χ1v) is 9.85. The van der Waals surface area contributed by atoms with Crippen molar-refractivity contribution < 1.29 is 19.0 Å². The lowest BCUT2D eigenvalue weighted by molar-refractivity contribution is 0.0584. The first-order chi connectivity index (χ1) is 13.7. The smallest absolute Gasteiger partial charge is 0.274 e. The van der Waals surface area contributed by atoms with Crippen molar-refractivity contribution in [2.45, 2.75) is 25.5 Å². The van der Waals surface area contributed by atoms with Gasteiger partial charge in [-0.2, -0.15) is 5.10 Å². The van der Waals surface area contributed by atoms with E-state index in [1.54, 1.807) is 17.9 Å². The molecule has 1 fully saturated rings. The molecule has 1 aliphatic rings. The van der Waals surface area contributed by atoms with Gasteiger partial charge in [0.2, 0.25) is 0 Å². The summed E-state index contributed by atoms with van der Waals surface area (Å²) in [6.45, 7) is 3.57. The molecule has 8 heteroatoms. The second-order valence-corrected chi connectivity index (χ2v) is 7.07. The summed E-state index contributed by atoms with van der Waals surface area (Å²) in [4.78, 5) is 14.5. The van der Waals surface area contributed by atoms with Crippen LogP contribution in [0.1, 0.15) is 23.3 Å². The second kappa shape index (κ2) is 10.5. The lowest BCUT2D eigenvalue weighted by Gasteiger charge is -2.31. The van der Waals surface area contributed by atoms with E-state index in [4.69, 9.17) is 25.8 Å². The van der Waals surface area contributed by atoms with Crippen LogP contribution in [-0.4, -0.2) is 66.7 Å². The van der Waals surface area contributed by atoms with E-state index in [-0.39, 0.29) is 12.0 Å². The number of aromatic nitrogens is 2. The Balaban J connectivity index is 1.42. The average molecular weight is 408 g/mol. The summed E-state index contributed by atoms with van der Waals surface area (Å²) >= 11 is 5.90. The number of hydrogen-bond donors (Lipinski definition) is 0. The van der Waals surface area contributed by atoms with Gasteiger partial charge in [0.05, 0.1) is 26.4 Å². The Morgan fingerprint density at radius 1 is 1.14 bits per heavy atom. The first kappa shape index (κ1) is 20.6. The van der Waals surface area contributed by atoms with Crippen molar-refractivity contribution in [2.24, 2.45) is 0 Å². The number of benzene rings is 1. The zero-order valence-corrected chi connectivity index (χ0v) is 16.8. The number of piperidine rings is 1. The molecule has 152 valence electrons. The molecule has 1 aromatic heterocycles. The maximum atomic E-state index is 12.7. The minimum Gasteiger partial charge on any atom is -0.490 e. The van der Waals surface area contributed by atoms with Crippen molar-refractivity contribution in [2.75, 3.05) is 40.0 Å². The number of carbonyl (C=O) groups is 1. The lowest BCUT2D eigenvalue weighted by atomic mass is 10.1. The van der Waals surface area contributed by atoms with E-state index in [0.717, 1.165) is 18.6 Å². The van der Waals surface area contributed by atoms with Crippen LogP contribution in [0.2, 0.25) is 5.02 Å². The van der Waals surface area contributed by atoms with Crippen LogP contribution in [-0.2, 0) is 16.0 Å². The quantitative estimate of drug-likeness (QED) is 0.598. The Kier molecular flexibility index (Phi) is 7.71. The molecule has 0 radical (unpaired) electrons. The van der Waals surface area contributed by atoms with E-state index < -0.39 is 0 Å². The summed E-state index contributed by atoms with van der Waals surface area (Å²) in [5.41, 5.74) is 0.467. The fourth-order valence-electron chi connectivity index (χ4n) is 3.05. The molecule has 1 saturated heterocycles. The minimum atomic E-state index is -0.0380. The number of rotatable bonds is 9. The highest BCUT2D eigenvalue weighted by atomic mass is 35.5. The van der Waals surface area contributed by atoms with Crippen molar-refractivity contribution in [3.05, 3.63) is 47.2 Å². The van der Waals surface area contributed by atoms with Gasteiger partial charge in [-0.25, -0.2) is 0 Å². The van der Waals surface area contributed by atoms with Crippen molar-refractivity contribution in [3.63, 3.8) is 0 Å². The number of ether oxygens (including phenoxy) is 3. The van der Waals surface area contributed by atoms with Crippen molar-refractivity contribution in [3.8, 4) is 5.75 Å². The van der Waals surface area contributed by atoms with Crippen LogP contribution in [0.3, 0.4) is 0 Å². The monoisotopic (exact) mass is 407 g/mol. The number of nitrogens with zero attached hydrogens (tertiary/aromatic N) is 3. The fraction of sp³-hybridized carbons (Fsp3) is 0.500. The van der Waals surface area contributed by atoms with Crippen LogP contribution in [0.15, 0.2) is 36.5 Å². The van der Waals surface area contributed by atoms with E-state index in [1.165, 1.54) is 0 Å². The lowest BCUT2D eigenvalue weighted by Crippen LogP contribution is -2.42. The third-order valence-corrected chi connectivity index (χ3v) is 4.85. The molecule has 0 spiro atoms. The number of carbonyl (C=O) groups excluding carboxylic acids is 1. The van der Waals surface area contributed by atoms with Crippen molar-refractivity contribution in [1.82, 2.24) is 14.7 Å². The maximum absolute atomic E-state index is 12.7. The second-order valence-electron chi connectivity index (χ2n) is 6.63. The van der Waals surface area contributed by atoms with Crippen LogP contribution < -0.4 is 4.74 Å². The van der Waals surface area contributed by atoms with Crippen LogP contribution >= 0.6 is 11.6 Å². The molecule has 0 bridgehead atoms. The molecule has 1 amide bonds. The highest BCUT2D eigenvalue weighted by Gasteiger charge is 2.26. The Bertz CT molecular complexity index is 742. The molecule has 0 saturated carbocycles. The summed E-state index contributed by atoms with van der Waals surface area (Å²) in [6.07, 6.45) is 3.50. The van der Waals surface area contributed by atoms with Gasteiger partial charge in [-0.3, -0.25) is 9.48 Å². The molecule has 0 atom stereocenters. The van der Waals surface area contributed by atoms with Crippen LogP contribution in [0.5, 0.6) is 5.75 Å². The number of amides is 1. The van der Waals surface area contributed by atoms with E-state index in [1.807, 2.05) is 35.4 Å². The molecule has 2 aromatic rings. The topological polar surface area (TPSA) is 65.8 Å². The van der Waals surface area contributed by atoms with Crippen LogP contribution in [0.25, 0.3) is 0 Å². The highest BCUT2D eigenvalue weighted by Crippen LogP contribution is 2.21. The minimum absolute atomic E-state index is 0.0380. The van der Waals surface area contributed by atoms with Crippen molar-refractivity contribution in [1.29, 1.82) is 0 Å². The van der Waals surface area contributed by atoms with Gasteiger partial charge in [-0.05, 0) is 30.3 Å². The molecule has 0 unspecified atom stereocenters. The Hall–Kier alpha value is -2.09. The zero-order valence-electron chi connectivity index (χ0n) is 16.1. The molecular weight excluding hydrogens is 382 g/mol. The Labute approximate surface area is 170 Å². The van der Waals surface area contributed by atoms with Gasteiger partial charge in [0, 0.05) is 44.3 Å². The summed E-state index contributed by atoms with van der Waals surface area (Å²) < 4.78 is 18.1. The molecule has 3 rings (SSSR count). The predicted molar refractivity (Wildman–Crippen MR) is 106 cm³/mol. The third-order valence-electron chi connectivity index (χ3n) is 4.60. The largest absolute Gasteiger partial charge is 0.490 e.